The van der Waals surface area contributed by atoms with Crippen LogP contribution in [0.2, 0.25) is 0 Å². The third kappa shape index (κ3) is 17.0. The number of carbonyl (C=O) groups is 9. The lowest BCUT2D eigenvalue weighted by Crippen LogP contribution is -2.58. The first-order valence-electron chi connectivity index (χ1n) is 35.7. The Morgan fingerprint density at radius 1 is 0.636 bits per heavy atom. The van der Waals surface area contributed by atoms with Gasteiger partial charge in [0.15, 0.2) is 16.7 Å². The molecule has 6 saturated carbocycles. The van der Waals surface area contributed by atoms with Gasteiger partial charge in [0.1, 0.15) is 36.2 Å². The summed E-state index contributed by atoms with van der Waals surface area (Å²) in [6.07, 6.45) is 16.9. The molecule has 0 unspecified atom stereocenters. The van der Waals surface area contributed by atoms with Crippen molar-refractivity contribution in [1.29, 1.82) is 0 Å². The molecule has 12 rings (SSSR count). The molecule has 99 heavy (non-hydrogen) atoms. The Morgan fingerprint density at radius 3 is 1.65 bits per heavy atom. The highest BCUT2D eigenvalue weighted by molar-refractivity contribution is 7.98. The fourth-order valence-electron chi connectivity index (χ4n) is 14.7. The fourth-order valence-corrected chi connectivity index (χ4v) is 15.0. The van der Waals surface area contributed by atoms with Crippen LogP contribution in [0.25, 0.3) is 22.4 Å². The number of carbonyl (C=O) groups excluding carboxylic acids is 9. The topological polar surface area (TPSA) is 247 Å². The van der Waals surface area contributed by atoms with Gasteiger partial charge in [0, 0.05) is 49.8 Å². The molecule has 3 heterocycles. The molecule has 3 aromatic carbocycles. The number of ketones is 2. The first kappa shape index (κ1) is 72.1. The SMILES string of the molecule is C=C[C@@H]1C[C@]1(CC(=O)[C@@H]1CN(c2cc(-c3ccccc3)nc(SC)n2)CN1C(=O)[C@@H](CC(=O)OC1CCCC1)C(C)(C)C)C(=O)NCC1CC1.C=C[C@@H]1C[C@]1(CC(=O)[C@@H]1CN(c2ccc(-c3ccccc3)cc2)C(=O)N1C(=O)[C@@H](NC(=O)OC1CCCC1)C(C)(C)C)C(=O)NCC1CC1. The summed E-state index contributed by atoms with van der Waals surface area (Å²) in [4.78, 5) is 141. The highest BCUT2D eigenvalue weighted by atomic mass is 32.2. The Morgan fingerprint density at radius 2 is 1.15 bits per heavy atom. The quantitative estimate of drug-likeness (QED) is 0.0229. The smallest absolute Gasteiger partial charge is 0.408 e. The van der Waals surface area contributed by atoms with Crippen molar-refractivity contribution in [2.45, 2.75) is 186 Å². The summed E-state index contributed by atoms with van der Waals surface area (Å²) >= 11 is 1.42. The van der Waals surface area contributed by atoms with E-state index in [1.165, 1.54) is 16.7 Å². The maximum atomic E-state index is 14.7. The zero-order chi connectivity index (χ0) is 70.6. The van der Waals surface area contributed by atoms with Crippen LogP contribution in [-0.2, 0) is 43.0 Å². The van der Waals surface area contributed by atoms with Gasteiger partial charge in [0.25, 0.3) is 5.91 Å². The van der Waals surface area contributed by atoms with Crippen LogP contribution in [0.3, 0.4) is 0 Å². The van der Waals surface area contributed by atoms with Crippen LogP contribution in [0.15, 0.2) is 121 Å². The van der Waals surface area contributed by atoms with E-state index in [9.17, 15) is 43.2 Å². The number of imide groups is 1. The number of amides is 7. The number of hydrogen-bond donors (Lipinski definition) is 3. The third-order valence-corrected chi connectivity index (χ3v) is 22.0. The van der Waals surface area contributed by atoms with E-state index in [2.05, 4.69) is 29.1 Å². The number of aromatic nitrogens is 2. The number of alkyl carbamates (subject to hydrolysis) is 1. The van der Waals surface area contributed by atoms with Gasteiger partial charge in [-0.15, -0.1) is 13.2 Å². The van der Waals surface area contributed by atoms with E-state index >= 15 is 0 Å². The number of Topliss-reactive ketones (excluding diaryl/α,β-unsaturated/α-hetero) is 2. The first-order chi connectivity index (χ1) is 47.3. The van der Waals surface area contributed by atoms with E-state index in [1.807, 2.05) is 111 Å². The molecule has 20 nitrogen and oxygen atoms in total. The number of urea groups is 1. The van der Waals surface area contributed by atoms with Gasteiger partial charge in [0.2, 0.25) is 17.7 Å². The molecule has 528 valence electrons. The van der Waals surface area contributed by atoms with E-state index < -0.39 is 63.7 Å². The Labute approximate surface area is 587 Å². The summed E-state index contributed by atoms with van der Waals surface area (Å²) < 4.78 is 11.4. The Hall–Kier alpha value is -8.20. The first-order valence-corrected chi connectivity index (χ1v) is 36.9. The number of nitrogens with one attached hydrogen (secondary N) is 3. The lowest BCUT2D eigenvalue weighted by molar-refractivity contribution is -0.156. The Kier molecular flexibility index (Phi) is 22.1. The van der Waals surface area contributed by atoms with Gasteiger partial charge in [-0.3, -0.25) is 38.5 Å². The lowest BCUT2D eigenvalue weighted by Gasteiger charge is -2.34. The number of thioether (sulfide) groups is 1. The molecule has 21 heteroatoms. The summed E-state index contributed by atoms with van der Waals surface area (Å²) in [5.41, 5.74) is 0.970. The molecular weight excluding hydrogens is 1270 g/mol. The average molecular weight is 1370 g/mol. The molecule has 7 amide bonds. The molecule has 2 aliphatic heterocycles. The van der Waals surface area contributed by atoms with Crippen molar-refractivity contribution < 1.29 is 52.6 Å². The van der Waals surface area contributed by atoms with E-state index in [1.54, 1.807) is 50.0 Å². The standard InChI is InChI=1S/C39H51N5O5S.C39H48N4O6/c1-6-27-20-39(27,36(48)40-22-25-16-17-25)21-32(45)31-23-43(33-19-30(41-37(42-33)50-5)26-12-8-7-9-13-26)24-44(31)35(47)29(38(2,3)4)18-34(46)49-28-14-10-11-15-28;1-5-28-21-39(28,35(46)40-23-25-15-16-25)22-32(44)31-24-42(29-19-17-27(18-20-29)26-11-7-6-8-12-26)37(48)43(31)34(45)33(38(2,3)4)41-36(47)49-30-13-9-10-14-30/h6-9,12-13,19,25,27-29,31H,1,10-11,14-18,20-24H2,2-5H3,(H,40,48);5-8,11-12,17-20,25,28,30-31,33H,1,9-10,13-16,21-24H2,2-4H3,(H,40,46)(H,41,47)/t27-,29-,31+,39-;28-,31+,33-,39-/m11/s1. The Balaban J connectivity index is 0.000000200. The van der Waals surface area contributed by atoms with Crippen LogP contribution >= 0.6 is 11.8 Å². The monoisotopic (exact) mass is 1370 g/mol. The second-order valence-corrected chi connectivity index (χ2v) is 31.7. The van der Waals surface area contributed by atoms with Crippen LogP contribution in [0.4, 0.5) is 21.1 Å². The number of nitrogens with zero attached hydrogens (tertiary/aromatic N) is 6. The minimum atomic E-state index is -1.16. The molecule has 8 fully saturated rings. The zero-order valence-corrected chi connectivity index (χ0v) is 59.5. The van der Waals surface area contributed by atoms with Crippen LogP contribution < -0.4 is 25.8 Å². The van der Waals surface area contributed by atoms with Gasteiger partial charge in [0.05, 0.1) is 42.1 Å². The third-order valence-electron chi connectivity index (χ3n) is 21.5. The predicted molar refractivity (Wildman–Crippen MR) is 381 cm³/mol. The summed E-state index contributed by atoms with van der Waals surface area (Å²) in [6.45, 7) is 20.5. The molecule has 6 aliphatic carbocycles. The predicted octanol–water partition coefficient (Wildman–Crippen LogP) is 12.3. The second kappa shape index (κ2) is 30.3. The lowest BCUT2D eigenvalue weighted by atomic mass is 9.77. The highest BCUT2D eigenvalue weighted by Crippen LogP contribution is 2.58. The number of rotatable bonds is 26. The van der Waals surface area contributed by atoms with Gasteiger partial charge < -0.3 is 35.2 Å². The molecule has 1 aromatic heterocycles. The second-order valence-electron chi connectivity index (χ2n) is 31.0. The largest absolute Gasteiger partial charge is 0.462 e. The number of hydrogen-bond acceptors (Lipinski definition) is 15. The fraction of sp³-hybridized carbons (Fsp3) is 0.551. The Bertz CT molecular complexity index is 3670. The average Bonchev–Trinajstić information content (AvgIpc) is 1.60. The van der Waals surface area contributed by atoms with Crippen molar-refractivity contribution in [2.24, 2.45) is 51.2 Å². The zero-order valence-electron chi connectivity index (χ0n) is 58.6. The van der Waals surface area contributed by atoms with Gasteiger partial charge in [-0.25, -0.2) is 24.5 Å². The minimum absolute atomic E-state index is 0.0154. The summed E-state index contributed by atoms with van der Waals surface area (Å²) in [5, 5.41) is 9.45. The highest BCUT2D eigenvalue weighted by Gasteiger charge is 2.62. The molecule has 2 saturated heterocycles. The van der Waals surface area contributed by atoms with Crippen LogP contribution in [-0.4, -0.2) is 142 Å². The van der Waals surface area contributed by atoms with E-state index in [-0.39, 0.29) is 98.3 Å². The molecule has 0 bridgehead atoms. The van der Waals surface area contributed by atoms with Gasteiger partial charge in [-0.2, -0.15) is 0 Å². The van der Waals surface area contributed by atoms with Crippen molar-refractivity contribution in [3.63, 3.8) is 0 Å². The summed E-state index contributed by atoms with van der Waals surface area (Å²) in [5.74, 6) is -1.57. The summed E-state index contributed by atoms with van der Waals surface area (Å²) in [6, 6.07) is 25.2. The number of allylic oxidation sites excluding steroid dienone is 2. The van der Waals surface area contributed by atoms with Crippen molar-refractivity contribution in [3.8, 4) is 22.4 Å². The number of ether oxygens (including phenoxy) is 2. The van der Waals surface area contributed by atoms with E-state index in [4.69, 9.17) is 19.4 Å². The normalized spacial score (nSPS) is 24.3. The van der Waals surface area contributed by atoms with Crippen LogP contribution in [0.1, 0.15) is 151 Å². The molecular formula is C78H99N9O11S. The van der Waals surface area contributed by atoms with Crippen molar-refractivity contribution in [3.05, 3.63) is 116 Å². The van der Waals surface area contributed by atoms with Crippen LogP contribution in [0.5, 0.6) is 0 Å². The number of anilines is 2. The minimum Gasteiger partial charge on any atom is -0.462 e. The van der Waals surface area contributed by atoms with Crippen molar-refractivity contribution >= 4 is 76.6 Å². The van der Waals surface area contributed by atoms with Crippen LogP contribution in [0, 0.1) is 51.2 Å². The molecule has 4 aromatic rings. The number of esters is 1. The van der Waals surface area contributed by atoms with Gasteiger partial charge in [-0.05, 0) is 154 Å². The maximum absolute atomic E-state index is 14.7. The number of benzene rings is 3. The van der Waals surface area contributed by atoms with Gasteiger partial charge >= 0.3 is 18.1 Å². The molecule has 0 spiro atoms. The molecule has 3 N–H and O–H groups in total. The maximum Gasteiger partial charge on any atom is 0.408 e. The van der Waals surface area contributed by atoms with E-state index in [0.717, 1.165) is 104 Å². The van der Waals surface area contributed by atoms with E-state index in [0.29, 0.717) is 54.4 Å². The van der Waals surface area contributed by atoms with Crippen molar-refractivity contribution in [2.75, 3.05) is 48.9 Å². The molecule has 0 radical (unpaired) electrons. The van der Waals surface area contributed by atoms with Gasteiger partial charge in [-0.1, -0.05) is 138 Å². The molecule has 8 aliphatic rings. The van der Waals surface area contributed by atoms with Crippen molar-refractivity contribution in [1.82, 2.24) is 35.7 Å². The summed E-state index contributed by atoms with van der Waals surface area (Å²) in [7, 11) is 0. The molecule has 8 atom stereocenters.